The van der Waals surface area contributed by atoms with Crippen molar-refractivity contribution in [2.75, 3.05) is 0 Å². The van der Waals surface area contributed by atoms with E-state index in [1.807, 2.05) is 17.9 Å². The van der Waals surface area contributed by atoms with Gasteiger partial charge in [-0.2, -0.15) is 5.10 Å². The van der Waals surface area contributed by atoms with Gasteiger partial charge < -0.3 is 0 Å². The molecule has 2 rings (SSSR count). The lowest BCUT2D eigenvalue weighted by atomic mass is 9.97. The lowest BCUT2D eigenvalue weighted by molar-refractivity contribution is 0.572. The molecule has 1 aromatic heterocycles. The summed E-state index contributed by atoms with van der Waals surface area (Å²) in [5.74, 6) is 0.670. The first-order valence-electron chi connectivity index (χ1n) is 5.39. The maximum atomic E-state index is 4.51. The minimum absolute atomic E-state index is 0.670. The zero-order chi connectivity index (χ0) is 9.97. The molecule has 2 atom stereocenters. The quantitative estimate of drug-likeness (QED) is 0.558. The van der Waals surface area contributed by atoms with Crippen LogP contribution in [-0.4, -0.2) is 14.6 Å². The third-order valence-electron chi connectivity index (χ3n) is 3.01. The molecule has 0 bridgehead atoms. The highest BCUT2D eigenvalue weighted by atomic mass is 79.9. The fraction of sp³-hybridized carbons (Fsp3) is 0.727. The van der Waals surface area contributed by atoms with Crippen molar-refractivity contribution in [1.29, 1.82) is 0 Å². The zero-order valence-corrected chi connectivity index (χ0v) is 10.2. The van der Waals surface area contributed by atoms with Crippen molar-refractivity contribution in [2.45, 2.75) is 42.8 Å². The second-order valence-corrected chi connectivity index (χ2v) is 5.52. The van der Waals surface area contributed by atoms with Crippen molar-refractivity contribution in [2.24, 2.45) is 7.05 Å². The molecule has 1 saturated carbocycles. The summed E-state index contributed by atoms with van der Waals surface area (Å²) in [6.45, 7) is 0. The molecule has 1 aliphatic carbocycles. The Labute approximate surface area is 93.8 Å². The minimum atomic E-state index is 0.670. The molecule has 0 radical (unpaired) electrons. The fourth-order valence-electron chi connectivity index (χ4n) is 2.22. The van der Waals surface area contributed by atoms with Crippen LogP contribution in [0.1, 0.15) is 43.7 Å². The van der Waals surface area contributed by atoms with Crippen molar-refractivity contribution in [3.05, 3.63) is 18.0 Å². The van der Waals surface area contributed by atoms with Crippen molar-refractivity contribution < 1.29 is 0 Å². The van der Waals surface area contributed by atoms with E-state index >= 15 is 0 Å². The monoisotopic (exact) mass is 256 g/mol. The Kier molecular flexibility index (Phi) is 3.26. The van der Waals surface area contributed by atoms with Gasteiger partial charge in [-0.05, 0) is 25.3 Å². The van der Waals surface area contributed by atoms with E-state index in [9.17, 15) is 0 Å². The van der Waals surface area contributed by atoms with Crippen LogP contribution in [0, 0.1) is 0 Å². The van der Waals surface area contributed by atoms with Crippen LogP contribution >= 0.6 is 15.9 Å². The highest BCUT2D eigenvalue weighted by Crippen LogP contribution is 2.33. The molecule has 0 saturated heterocycles. The molecule has 0 aliphatic heterocycles. The van der Waals surface area contributed by atoms with Crippen LogP contribution in [0.2, 0.25) is 0 Å². The molecule has 0 spiro atoms. The molecule has 1 aliphatic rings. The molecule has 2 nitrogen and oxygen atoms in total. The molecule has 0 amide bonds. The van der Waals surface area contributed by atoms with E-state index in [0.29, 0.717) is 10.7 Å². The van der Waals surface area contributed by atoms with E-state index in [1.165, 1.54) is 37.8 Å². The summed E-state index contributed by atoms with van der Waals surface area (Å²) >= 11 is 3.75. The van der Waals surface area contributed by atoms with Gasteiger partial charge in [-0.15, -0.1) is 0 Å². The normalized spacial score (nSPS) is 28.7. The number of nitrogens with zero attached hydrogens (tertiary/aromatic N) is 2. The van der Waals surface area contributed by atoms with Gasteiger partial charge in [0, 0.05) is 24.0 Å². The van der Waals surface area contributed by atoms with Crippen LogP contribution in [0.15, 0.2) is 12.3 Å². The van der Waals surface area contributed by atoms with Crippen LogP contribution in [0.4, 0.5) is 0 Å². The van der Waals surface area contributed by atoms with Gasteiger partial charge in [-0.1, -0.05) is 28.8 Å². The van der Waals surface area contributed by atoms with E-state index in [1.54, 1.807) is 0 Å². The Hall–Kier alpha value is -0.310. The number of hydrogen-bond acceptors (Lipinski definition) is 1. The zero-order valence-electron chi connectivity index (χ0n) is 8.62. The minimum Gasteiger partial charge on any atom is -0.276 e. The van der Waals surface area contributed by atoms with Crippen LogP contribution in [0.3, 0.4) is 0 Å². The molecule has 3 heteroatoms. The second-order valence-electron chi connectivity index (χ2n) is 4.23. The third kappa shape index (κ3) is 2.38. The summed E-state index contributed by atoms with van der Waals surface area (Å²) in [5, 5.41) is 4.51. The number of aromatic nitrogens is 2. The fourth-order valence-corrected chi connectivity index (χ4v) is 3.00. The molecule has 14 heavy (non-hydrogen) atoms. The number of halogens is 1. The molecule has 2 unspecified atom stereocenters. The Morgan fingerprint density at radius 3 is 2.93 bits per heavy atom. The number of aryl methyl sites for hydroxylation is 1. The van der Waals surface area contributed by atoms with Gasteiger partial charge in [-0.25, -0.2) is 0 Å². The van der Waals surface area contributed by atoms with Gasteiger partial charge in [0.1, 0.15) is 0 Å². The van der Waals surface area contributed by atoms with Gasteiger partial charge >= 0.3 is 0 Å². The van der Waals surface area contributed by atoms with E-state index in [0.717, 1.165) is 0 Å². The maximum absolute atomic E-state index is 4.51. The topological polar surface area (TPSA) is 17.8 Å². The van der Waals surface area contributed by atoms with Crippen molar-refractivity contribution >= 4 is 15.9 Å². The number of rotatable bonds is 1. The van der Waals surface area contributed by atoms with Crippen molar-refractivity contribution in [3.63, 3.8) is 0 Å². The Morgan fingerprint density at radius 2 is 2.21 bits per heavy atom. The van der Waals surface area contributed by atoms with Crippen LogP contribution in [0.5, 0.6) is 0 Å². The lowest BCUT2D eigenvalue weighted by Crippen LogP contribution is -2.05. The molecular weight excluding hydrogens is 240 g/mol. The van der Waals surface area contributed by atoms with E-state index in [4.69, 9.17) is 0 Å². The standard InChI is InChI=1S/C11H17BrN2/c1-14-7-6-11(13-14)9-4-2-3-5-10(12)8-9/h6-7,9-10H,2-5,8H2,1H3. The van der Waals surface area contributed by atoms with Gasteiger partial charge in [0.15, 0.2) is 0 Å². The maximum Gasteiger partial charge on any atom is 0.0655 e. The molecule has 78 valence electrons. The van der Waals surface area contributed by atoms with Gasteiger partial charge in [0.25, 0.3) is 0 Å². The summed E-state index contributed by atoms with van der Waals surface area (Å²) < 4.78 is 1.91. The van der Waals surface area contributed by atoms with E-state index < -0.39 is 0 Å². The second kappa shape index (κ2) is 4.47. The number of hydrogen-bond donors (Lipinski definition) is 0. The lowest BCUT2D eigenvalue weighted by Gasteiger charge is -2.13. The smallest absolute Gasteiger partial charge is 0.0655 e. The predicted molar refractivity (Wildman–Crippen MR) is 61.7 cm³/mol. The van der Waals surface area contributed by atoms with Gasteiger partial charge in [0.2, 0.25) is 0 Å². The van der Waals surface area contributed by atoms with Crippen molar-refractivity contribution in [3.8, 4) is 0 Å². The average molecular weight is 257 g/mol. The van der Waals surface area contributed by atoms with Crippen molar-refractivity contribution in [1.82, 2.24) is 9.78 Å². The molecule has 1 fully saturated rings. The molecule has 1 heterocycles. The summed E-state index contributed by atoms with van der Waals surface area (Å²) in [4.78, 5) is 0.692. The summed E-state index contributed by atoms with van der Waals surface area (Å²) in [6.07, 6.45) is 8.63. The SMILES string of the molecule is Cn1ccc(C2CCCCC(Br)C2)n1. The Balaban J connectivity index is 2.08. The first-order valence-corrected chi connectivity index (χ1v) is 6.31. The Morgan fingerprint density at radius 1 is 1.43 bits per heavy atom. The highest BCUT2D eigenvalue weighted by Gasteiger charge is 2.21. The van der Waals surface area contributed by atoms with Gasteiger partial charge in [-0.3, -0.25) is 4.68 Å². The molecular formula is C11H17BrN2. The average Bonchev–Trinajstić information content (AvgIpc) is 2.45. The Bertz CT molecular complexity index is 295. The van der Waals surface area contributed by atoms with E-state index in [-0.39, 0.29) is 0 Å². The largest absolute Gasteiger partial charge is 0.276 e. The first kappa shape index (κ1) is 10.2. The van der Waals surface area contributed by atoms with Crippen LogP contribution < -0.4 is 0 Å². The molecule has 0 aromatic carbocycles. The summed E-state index contributed by atoms with van der Waals surface area (Å²) in [5.41, 5.74) is 1.28. The first-order chi connectivity index (χ1) is 6.75. The summed E-state index contributed by atoms with van der Waals surface area (Å²) in [6, 6.07) is 2.16. The van der Waals surface area contributed by atoms with E-state index in [2.05, 4.69) is 27.1 Å². The van der Waals surface area contributed by atoms with Gasteiger partial charge in [0.05, 0.1) is 5.69 Å². The number of alkyl halides is 1. The molecule has 0 N–H and O–H groups in total. The van der Waals surface area contributed by atoms with Crippen LogP contribution in [0.25, 0.3) is 0 Å². The summed E-state index contributed by atoms with van der Waals surface area (Å²) in [7, 11) is 1.99. The molecule has 1 aromatic rings. The highest BCUT2D eigenvalue weighted by molar-refractivity contribution is 9.09. The predicted octanol–water partition coefficient (Wildman–Crippen LogP) is 3.23. The third-order valence-corrected chi connectivity index (χ3v) is 3.84. The van der Waals surface area contributed by atoms with Crippen LogP contribution in [-0.2, 0) is 7.05 Å².